The molecule has 0 fully saturated rings. The van der Waals surface area contributed by atoms with Crippen LogP contribution in [0.1, 0.15) is 5.69 Å². The maximum absolute atomic E-state index is 5.93. The van der Waals surface area contributed by atoms with Crippen LogP contribution in [0, 0.1) is 11.8 Å². The highest BCUT2D eigenvalue weighted by Gasteiger charge is 2.05. The highest BCUT2D eigenvalue weighted by Crippen LogP contribution is 2.19. The molecule has 4 heteroatoms. The summed E-state index contributed by atoms with van der Waals surface area (Å²) in [6.07, 6.45) is 0. The molecule has 0 atom stereocenters. The van der Waals surface area contributed by atoms with Gasteiger partial charge in [-0.25, -0.2) is 0 Å². The Hall–Kier alpha value is -2.08. The summed E-state index contributed by atoms with van der Waals surface area (Å²) in [5.74, 6) is 6.97. The summed E-state index contributed by atoms with van der Waals surface area (Å²) in [4.78, 5) is 0. The number of hydrogen-bond acceptors (Lipinski definition) is 1. The molecule has 0 spiro atoms. The van der Waals surface area contributed by atoms with Crippen molar-refractivity contribution in [3.63, 3.8) is 0 Å². The van der Waals surface area contributed by atoms with Crippen molar-refractivity contribution >= 4 is 39.8 Å². The molecule has 2 aromatic carbocycles. The molecule has 0 bridgehead atoms. The minimum Gasteiger partial charge on any atom is -0.374 e. The van der Waals surface area contributed by atoms with Crippen LogP contribution in [-0.2, 0) is 6.54 Å². The lowest BCUT2D eigenvalue weighted by atomic mass is 10.2. The van der Waals surface area contributed by atoms with Gasteiger partial charge in [-0.2, -0.15) is 0 Å². The van der Waals surface area contributed by atoms with Crippen LogP contribution >= 0.6 is 23.2 Å². The Labute approximate surface area is 146 Å². The third-order valence-corrected chi connectivity index (χ3v) is 3.98. The van der Waals surface area contributed by atoms with Gasteiger partial charge in [0.1, 0.15) is 0 Å². The van der Waals surface area contributed by atoms with Gasteiger partial charge in [0, 0.05) is 34.0 Å². The van der Waals surface area contributed by atoms with Crippen LogP contribution in [0.15, 0.2) is 54.6 Å². The third kappa shape index (κ3) is 3.82. The molecule has 0 saturated heterocycles. The molecule has 0 aliphatic rings. The average Bonchev–Trinajstić information content (AvgIpc) is 2.92. The normalized spacial score (nSPS) is 10.3. The molecule has 0 aliphatic carbocycles. The molecular formula is C19H16Cl2N2. The highest BCUT2D eigenvalue weighted by atomic mass is 35.5. The highest BCUT2D eigenvalue weighted by molar-refractivity contribution is 6.30. The van der Waals surface area contributed by atoms with Crippen molar-refractivity contribution < 1.29 is 0 Å². The van der Waals surface area contributed by atoms with E-state index >= 15 is 0 Å². The number of rotatable bonds is 4. The van der Waals surface area contributed by atoms with Crippen LogP contribution in [0.25, 0.3) is 10.9 Å². The van der Waals surface area contributed by atoms with E-state index < -0.39 is 0 Å². The molecule has 2 nitrogen and oxygen atoms in total. The summed E-state index contributed by atoms with van der Waals surface area (Å²) in [5, 5.41) is 5.18. The topological polar surface area (TPSA) is 17.0 Å². The van der Waals surface area contributed by atoms with Crippen LogP contribution in [0.3, 0.4) is 0 Å². The van der Waals surface area contributed by atoms with Gasteiger partial charge in [-0.3, -0.25) is 0 Å². The van der Waals surface area contributed by atoms with E-state index in [0.717, 1.165) is 22.9 Å². The molecule has 3 aromatic rings. The van der Waals surface area contributed by atoms with Crippen LogP contribution in [-0.4, -0.2) is 17.0 Å². The lowest BCUT2D eigenvalue weighted by Crippen LogP contribution is -2.02. The SMILES string of the molecule is ClCCn1c(C#CCNc2ccc(Cl)cc2)cc2ccccc21. The second kappa shape index (κ2) is 7.46. The zero-order valence-corrected chi connectivity index (χ0v) is 14.0. The molecule has 0 unspecified atom stereocenters. The molecule has 1 aromatic heterocycles. The van der Waals surface area contributed by atoms with Gasteiger partial charge in [-0.1, -0.05) is 35.7 Å². The number of halogens is 2. The van der Waals surface area contributed by atoms with E-state index in [2.05, 4.69) is 39.9 Å². The summed E-state index contributed by atoms with van der Waals surface area (Å²) in [7, 11) is 0. The molecule has 0 amide bonds. The number of para-hydroxylation sites is 1. The Bertz CT molecular complexity index is 854. The first-order valence-electron chi connectivity index (χ1n) is 7.40. The predicted octanol–water partition coefficient (Wildman–Crippen LogP) is 5.00. The number of nitrogens with zero attached hydrogens (tertiary/aromatic N) is 1. The summed E-state index contributed by atoms with van der Waals surface area (Å²) < 4.78 is 2.16. The first kappa shape index (κ1) is 15.8. The lowest BCUT2D eigenvalue weighted by Gasteiger charge is -2.04. The number of aryl methyl sites for hydroxylation is 1. The van der Waals surface area contributed by atoms with E-state index in [1.54, 1.807) is 0 Å². The summed E-state index contributed by atoms with van der Waals surface area (Å²) >= 11 is 11.8. The molecule has 3 rings (SSSR count). The quantitative estimate of drug-likeness (QED) is 0.521. The number of benzene rings is 2. The van der Waals surface area contributed by atoms with Crippen molar-refractivity contribution in [3.8, 4) is 11.8 Å². The van der Waals surface area contributed by atoms with E-state index in [-0.39, 0.29) is 0 Å². The molecule has 116 valence electrons. The second-order valence-corrected chi connectivity index (χ2v) is 5.91. The van der Waals surface area contributed by atoms with Crippen LogP contribution in [0.4, 0.5) is 5.69 Å². The van der Waals surface area contributed by atoms with Crippen molar-refractivity contribution in [2.75, 3.05) is 17.7 Å². The van der Waals surface area contributed by atoms with Crippen LogP contribution < -0.4 is 5.32 Å². The molecule has 23 heavy (non-hydrogen) atoms. The van der Waals surface area contributed by atoms with Crippen LogP contribution in [0.2, 0.25) is 5.02 Å². The van der Waals surface area contributed by atoms with Crippen molar-refractivity contribution in [1.29, 1.82) is 0 Å². The van der Waals surface area contributed by atoms with Gasteiger partial charge in [-0.15, -0.1) is 11.6 Å². The zero-order valence-electron chi connectivity index (χ0n) is 12.5. The molecular weight excluding hydrogens is 327 g/mol. The Morgan fingerprint density at radius 1 is 1.04 bits per heavy atom. The maximum atomic E-state index is 5.93. The van der Waals surface area contributed by atoms with Crippen molar-refractivity contribution in [3.05, 3.63) is 65.3 Å². The first-order valence-corrected chi connectivity index (χ1v) is 8.32. The molecule has 0 saturated carbocycles. The number of nitrogens with one attached hydrogen (secondary N) is 1. The van der Waals surface area contributed by atoms with Crippen molar-refractivity contribution in [2.45, 2.75) is 6.54 Å². The van der Waals surface area contributed by atoms with Crippen molar-refractivity contribution in [1.82, 2.24) is 4.57 Å². The summed E-state index contributed by atoms with van der Waals surface area (Å²) in [6.45, 7) is 1.33. The van der Waals surface area contributed by atoms with E-state index in [1.807, 2.05) is 36.4 Å². The fraction of sp³-hybridized carbons (Fsp3) is 0.158. The van der Waals surface area contributed by atoms with Crippen LogP contribution in [0.5, 0.6) is 0 Å². The monoisotopic (exact) mass is 342 g/mol. The zero-order chi connectivity index (χ0) is 16.1. The van der Waals surface area contributed by atoms with Gasteiger partial charge in [0.15, 0.2) is 0 Å². The smallest absolute Gasteiger partial charge is 0.0931 e. The van der Waals surface area contributed by atoms with E-state index in [4.69, 9.17) is 23.2 Å². The molecule has 0 radical (unpaired) electrons. The molecule has 0 aliphatic heterocycles. The Balaban J connectivity index is 1.76. The van der Waals surface area contributed by atoms with Gasteiger partial charge in [0.25, 0.3) is 0 Å². The third-order valence-electron chi connectivity index (χ3n) is 3.56. The first-order chi connectivity index (χ1) is 11.3. The molecule has 1 N–H and O–H groups in total. The lowest BCUT2D eigenvalue weighted by molar-refractivity contribution is 0.793. The Kier molecular flexibility index (Phi) is 5.12. The maximum Gasteiger partial charge on any atom is 0.0931 e. The Morgan fingerprint density at radius 2 is 1.83 bits per heavy atom. The minimum absolute atomic E-state index is 0.566. The minimum atomic E-state index is 0.566. The van der Waals surface area contributed by atoms with Gasteiger partial charge >= 0.3 is 0 Å². The predicted molar refractivity (Wildman–Crippen MR) is 99.5 cm³/mol. The fourth-order valence-electron chi connectivity index (χ4n) is 2.49. The number of alkyl halides is 1. The fourth-order valence-corrected chi connectivity index (χ4v) is 2.78. The summed E-state index contributed by atoms with van der Waals surface area (Å²) in [5.41, 5.74) is 3.16. The van der Waals surface area contributed by atoms with E-state index in [1.165, 1.54) is 10.9 Å². The molecule has 1 heterocycles. The number of hydrogen-bond donors (Lipinski definition) is 1. The second-order valence-electron chi connectivity index (χ2n) is 5.09. The van der Waals surface area contributed by atoms with Gasteiger partial charge in [0.2, 0.25) is 0 Å². The van der Waals surface area contributed by atoms with Gasteiger partial charge in [-0.05, 0) is 42.3 Å². The average molecular weight is 343 g/mol. The van der Waals surface area contributed by atoms with E-state index in [0.29, 0.717) is 12.4 Å². The van der Waals surface area contributed by atoms with Crippen molar-refractivity contribution in [2.24, 2.45) is 0 Å². The van der Waals surface area contributed by atoms with Gasteiger partial charge in [0.05, 0.1) is 12.2 Å². The number of anilines is 1. The Morgan fingerprint density at radius 3 is 2.61 bits per heavy atom. The number of aromatic nitrogens is 1. The summed E-state index contributed by atoms with van der Waals surface area (Å²) in [6, 6.07) is 18.0. The van der Waals surface area contributed by atoms with E-state index in [9.17, 15) is 0 Å². The largest absolute Gasteiger partial charge is 0.374 e. The number of fused-ring (bicyclic) bond motifs is 1. The van der Waals surface area contributed by atoms with Gasteiger partial charge < -0.3 is 9.88 Å². The standard InChI is InChI=1S/C19H16Cl2N2/c20-11-13-23-18(14-15-4-1-2-6-19(15)23)5-3-12-22-17-9-7-16(21)8-10-17/h1-2,4,6-10,14,22H,11-13H2.